The van der Waals surface area contributed by atoms with Gasteiger partial charge in [-0.2, -0.15) is 0 Å². The zero-order chi connectivity index (χ0) is 46.5. The third-order valence-electron chi connectivity index (χ3n) is 11.9. The number of anilines is 1. The van der Waals surface area contributed by atoms with Crippen LogP contribution in [0, 0.1) is 6.92 Å². The predicted octanol–water partition coefficient (Wildman–Crippen LogP) is 8.23. The summed E-state index contributed by atoms with van der Waals surface area (Å²) < 4.78 is 45.3. The van der Waals surface area contributed by atoms with Gasteiger partial charge in [0.25, 0.3) is 11.8 Å². The quantitative estimate of drug-likeness (QED) is 0.0532. The van der Waals surface area contributed by atoms with Crippen molar-refractivity contribution in [2.75, 3.05) is 86.0 Å². The van der Waals surface area contributed by atoms with Gasteiger partial charge < -0.3 is 53.4 Å². The molecule has 352 valence electrons. The lowest BCUT2D eigenvalue weighted by molar-refractivity contribution is 0.000164. The highest BCUT2D eigenvalue weighted by molar-refractivity contribution is 6.06. The molecule has 4 aliphatic heterocycles. The monoisotopic (exact) mass is 913 g/mol. The molecule has 4 aromatic rings. The highest BCUT2D eigenvalue weighted by Crippen LogP contribution is 2.41. The summed E-state index contributed by atoms with van der Waals surface area (Å²) in [5.74, 6) is 2.23. The van der Waals surface area contributed by atoms with E-state index in [1.807, 2.05) is 92.4 Å². The molecule has 8 rings (SSSR count). The van der Waals surface area contributed by atoms with E-state index in [-0.39, 0.29) is 23.9 Å². The number of fused-ring (bicyclic) bond motifs is 4. The van der Waals surface area contributed by atoms with Crippen LogP contribution in [0.1, 0.15) is 69.5 Å². The first kappa shape index (κ1) is 47.0. The maximum Gasteiger partial charge on any atom is 0.260 e. The van der Waals surface area contributed by atoms with Gasteiger partial charge in [-0.3, -0.25) is 19.6 Å². The molecule has 15 nitrogen and oxygen atoms in total. The predicted molar refractivity (Wildman–Crippen MR) is 258 cm³/mol. The Labute approximate surface area is 391 Å². The van der Waals surface area contributed by atoms with Gasteiger partial charge in [0.1, 0.15) is 18.1 Å². The van der Waals surface area contributed by atoms with Crippen molar-refractivity contribution in [3.8, 4) is 23.0 Å². The Morgan fingerprint density at radius 2 is 1.07 bits per heavy atom. The van der Waals surface area contributed by atoms with Crippen LogP contribution in [0.5, 0.6) is 23.0 Å². The second kappa shape index (κ2) is 22.8. The van der Waals surface area contributed by atoms with E-state index >= 15 is 0 Å². The van der Waals surface area contributed by atoms with Crippen LogP contribution in [0.2, 0.25) is 0 Å². The first-order valence-corrected chi connectivity index (χ1v) is 22.9. The van der Waals surface area contributed by atoms with Crippen LogP contribution < -0.4 is 24.7 Å². The lowest BCUT2D eigenvalue weighted by Crippen LogP contribution is -2.32. The molecule has 0 aromatic heterocycles. The summed E-state index contributed by atoms with van der Waals surface area (Å²) in [6.45, 7) is 6.92. The molecule has 67 heavy (non-hydrogen) atoms. The van der Waals surface area contributed by atoms with Gasteiger partial charge in [-0.1, -0.05) is 24.3 Å². The van der Waals surface area contributed by atoms with Gasteiger partial charge >= 0.3 is 0 Å². The van der Waals surface area contributed by atoms with Crippen LogP contribution >= 0.6 is 0 Å². The van der Waals surface area contributed by atoms with E-state index in [1.54, 1.807) is 36.2 Å². The summed E-state index contributed by atoms with van der Waals surface area (Å²) in [5.41, 5.74) is 13.8. The fraction of sp³-hybridized carbons (Fsp3) is 0.385. The summed E-state index contributed by atoms with van der Waals surface area (Å²) in [6.07, 6.45) is 11.3. The molecule has 0 bridgehead atoms. The van der Waals surface area contributed by atoms with E-state index in [9.17, 15) is 9.59 Å². The summed E-state index contributed by atoms with van der Waals surface area (Å²) in [5, 5.41) is 0. The van der Waals surface area contributed by atoms with Gasteiger partial charge in [-0.25, -0.2) is 0 Å². The van der Waals surface area contributed by atoms with Crippen LogP contribution in [0.4, 0.5) is 17.1 Å². The Kier molecular flexibility index (Phi) is 16.0. The number of hydrogen-bond donors (Lipinski definition) is 1. The Balaban J connectivity index is 0.764. The standard InChI is InChI=1S/C52H59N5O10/c1-35-25-44-46(54-31-41-26-38(33-56(41)51(44)58)36-7-11-40(53)12-8-36)29-48(35)66-15-5-4-6-16-67-50-30-47-45(28-49(50)61-3)52(59)57-34-39(27-42(57)32-55-47)37-9-13-43(14-10-37)65-24-23-64-22-21-63-20-19-62-18-17-60-2/h7-14,25,28-34,41-42H,4-6,15-24,26-27,53H2,1-3H3/t41-,42-/m0/s1. The number of ether oxygens (including phenoxy) is 8. The molecule has 4 aromatic carbocycles. The molecule has 0 saturated heterocycles. The van der Waals surface area contributed by atoms with Gasteiger partial charge in [0.15, 0.2) is 11.5 Å². The van der Waals surface area contributed by atoms with Gasteiger partial charge in [0.2, 0.25) is 0 Å². The smallest absolute Gasteiger partial charge is 0.260 e. The molecular formula is C52H59N5O10. The maximum atomic E-state index is 13.9. The second-order valence-electron chi connectivity index (χ2n) is 16.6. The van der Waals surface area contributed by atoms with Crippen molar-refractivity contribution in [3.63, 3.8) is 0 Å². The first-order chi connectivity index (χ1) is 32.8. The number of aryl methyl sites for hydroxylation is 1. The van der Waals surface area contributed by atoms with E-state index in [2.05, 4.69) is 0 Å². The van der Waals surface area contributed by atoms with Crippen molar-refractivity contribution in [2.45, 2.75) is 51.1 Å². The number of aliphatic imine (C=N–C) groups is 2. The van der Waals surface area contributed by atoms with Crippen LogP contribution in [-0.2, 0) is 18.9 Å². The zero-order valence-corrected chi connectivity index (χ0v) is 38.4. The van der Waals surface area contributed by atoms with Gasteiger partial charge in [0, 0.05) is 62.6 Å². The second-order valence-corrected chi connectivity index (χ2v) is 16.6. The molecule has 15 heteroatoms. The van der Waals surface area contributed by atoms with Crippen molar-refractivity contribution in [3.05, 3.63) is 113 Å². The third-order valence-corrected chi connectivity index (χ3v) is 11.9. The average molecular weight is 914 g/mol. The summed E-state index contributed by atoms with van der Waals surface area (Å²) in [4.78, 5) is 40.6. The molecule has 0 radical (unpaired) electrons. The SMILES string of the molecule is COCCOCCOCCOCCOc1ccc(C2=CN3C(=O)c4cc(OC)c(OCCCCCOc5cc6c(cc5C)C(=O)N5C=C(c7ccc(N)cc7)C[C@H]5C=N6)cc4N=C[C@@H]3C2)cc1. The van der Waals surface area contributed by atoms with Gasteiger partial charge in [0.05, 0.1) is 101 Å². The summed E-state index contributed by atoms with van der Waals surface area (Å²) in [7, 11) is 3.21. The number of hydrogen-bond acceptors (Lipinski definition) is 13. The molecule has 0 aliphatic carbocycles. The lowest BCUT2D eigenvalue weighted by atomic mass is 10.0. The van der Waals surface area contributed by atoms with E-state index in [0.29, 0.717) is 124 Å². The average Bonchev–Trinajstić information content (AvgIpc) is 3.92. The lowest BCUT2D eigenvalue weighted by Gasteiger charge is -2.19. The number of nitrogens with zero attached hydrogens (tertiary/aromatic N) is 4. The van der Waals surface area contributed by atoms with Crippen LogP contribution in [-0.4, -0.2) is 126 Å². The molecule has 0 unspecified atom stereocenters. The highest BCUT2D eigenvalue weighted by Gasteiger charge is 2.35. The van der Waals surface area contributed by atoms with Crippen LogP contribution in [0.25, 0.3) is 11.1 Å². The van der Waals surface area contributed by atoms with Gasteiger partial charge in [-0.05, 0) is 90.4 Å². The normalized spacial score (nSPS) is 17.0. The first-order valence-electron chi connectivity index (χ1n) is 22.9. The molecule has 2 atom stereocenters. The van der Waals surface area contributed by atoms with Crippen molar-refractivity contribution in [1.29, 1.82) is 0 Å². The van der Waals surface area contributed by atoms with E-state index in [1.165, 1.54) is 0 Å². The van der Waals surface area contributed by atoms with E-state index < -0.39 is 0 Å². The Morgan fingerprint density at radius 3 is 1.64 bits per heavy atom. The van der Waals surface area contributed by atoms with Crippen molar-refractivity contribution >= 4 is 52.5 Å². The summed E-state index contributed by atoms with van der Waals surface area (Å²) >= 11 is 0. The maximum absolute atomic E-state index is 13.9. The molecule has 0 saturated carbocycles. The molecule has 0 spiro atoms. The van der Waals surface area contributed by atoms with E-state index in [4.69, 9.17) is 53.6 Å². The molecule has 2 amide bonds. The Hall–Kier alpha value is -6.52. The summed E-state index contributed by atoms with van der Waals surface area (Å²) in [6, 6.07) is 22.4. The fourth-order valence-electron chi connectivity index (χ4n) is 8.26. The van der Waals surface area contributed by atoms with E-state index in [0.717, 1.165) is 52.8 Å². The van der Waals surface area contributed by atoms with Crippen molar-refractivity contribution in [2.24, 2.45) is 9.98 Å². The molecule has 2 N–H and O–H groups in total. The third kappa shape index (κ3) is 11.7. The number of nitrogens with two attached hydrogens (primary N) is 1. The van der Waals surface area contributed by atoms with Crippen LogP contribution in [0.3, 0.4) is 0 Å². The number of carbonyl (C=O) groups is 2. The number of benzene rings is 4. The number of unbranched alkanes of at least 4 members (excludes halogenated alkanes) is 2. The zero-order valence-electron chi connectivity index (χ0n) is 38.4. The minimum Gasteiger partial charge on any atom is -0.493 e. The molecule has 4 aliphatic rings. The topological polar surface area (TPSA) is 165 Å². The van der Waals surface area contributed by atoms with Crippen molar-refractivity contribution < 1.29 is 47.5 Å². The Morgan fingerprint density at radius 1 is 0.567 bits per heavy atom. The minimum atomic E-state index is -0.220. The number of amides is 2. The fourth-order valence-corrected chi connectivity index (χ4v) is 8.26. The Bertz CT molecular complexity index is 2490. The number of carbonyl (C=O) groups excluding carboxylic acids is 2. The minimum absolute atomic E-state index is 0.0759. The molecule has 0 fully saturated rings. The van der Waals surface area contributed by atoms with Crippen LogP contribution in [0.15, 0.2) is 95.2 Å². The number of nitrogen functional groups attached to an aromatic ring is 1. The molecule has 4 heterocycles. The molecular weight excluding hydrogens is 855 g/mol. The largest absolute Gasteiger partial charge is 0.493 e. The number of rotatable bonds is 24. The van der Waals surface area contributed by atoms with Gasteiger partial charge in [-0.15, -0.1) is 0 Å². The highest BCUT2D eigenvalue weighted by atomic mass is 16.6. The number of methoxy groups -OCH3 is 2. The van der Waals surface area contributed by atoms with Crippen molar-refractivity contribution in [1.82, 2.24) is 9.80 Å².